The molecule has 1 radical (unpaired) electrons. The van der Waals surface area contributed by atoms with Crippen LogP contribution in [-0.2, 0) is 0 Å². The molecular formula is C10H14N3. The molecule has 1 saturated heterocycles. The average Bonchev–Trinajstić information content (AvgIpc) is 2.20. The Kier molecular flexibility index (Phi) is 2.45. The van der Waals surface area contributed by atoms with Crippen LogP contribution in [0.15, 0.2) is 18.5 Å². The van der Waals surface area contributed by atoms with E-state index < -0.39 is 0 Å². The number of hydrogen-bond donors (Lipinski definition) is 0. The van der Waals surface area contributed by atoms with Gasteiger partial charge in [-0.25, -0.2) is 0 Å². The summed E-state index contributed by atoms with van der Waals surface area (Å²) in [5, 5.41) is 0. The highest BCUT2D eigenvalue weighted by molar-refractivity contribution is 5.43. The van der Waals surface area contributed by atoms with Gasteiger partial charge in [0.15, 0.2) is 0 Å². The average molecular weight is 176 g/mol. The summed E-state index contributed by atoms with van der Waals surface area (Å²) in [5.41, 5.74) is 1.19. The number of pyridine rings is 1. The molecule has 2 rings (SSSR count). The summed E-state index contributed by atoms with van der Waals surface area (Å²) in [6.07, 6.45) is 3.60. The molecule has 69 valence electrons. The molecule has 1 aromatic heterocycles. The molecule has 0 bridgehead atoms. The lowest BCUT2D eigenvalue weighted by atomic mass is 10.3. The molecule has 0 amide bonds. The van der Waals surface area contributed by atoms with E-state index in [4.69, 9.17) is 0 Å². The highest BCUT2D eigenvalue weighted by Crippen LogP contribution is 2.12. The van der Waals surface area contributed by atoms with E-state index in [1.165, 1.54) is 5.69 Å². The van der Waals surface area contributed by atoms with Gasteiger partial charge < -0.3 is 9.80 Å². The third-order valence-electron chi connectivity index (χ3n) is 2.46. The number of piperazine rings is 1. The summed E-state index contributed by atoms with van der Waals surface area (Å²) in [7, 11) is 2.16. The Morgan fingerprint density at radius 1 is 1.31 bits per heavy atom. The van der Waals surface area contributed by atoms with Crippen molar-refractivity contribution < 1.29 is 0 Å². The number of aromatic nitrogens is 1. The van der Waals surface area contributed by atoms with Gasteiger partial charge >= 0.3 is 0 Å². The quantitative estimate of drug-likeness (QED) is 0.625. The van der Waals surface area contributed by atoms with E-state index in [0.29, 0.717) is 0 Å². The molecule has 13 heavy (non-hydrogen) atoms. The zero-order valence-electron chi connectivity index (χ0n) is 7.90. The Morgan fingerprint density at radius 2 is 2.08 bits per heavy atom. The molecule has 0 aromatic carbocycles. The van der Waals surface area contributed by atoms with Crippen molar-refractivity contribution in [1.29, 1.82) is 0 Å². The first-order chi connectivity index (χ1) is 6.36. The molecule has 0 spiro atoms. The van der Waals surface area contributed by atoms with Gasteiger partial charge in [0, 0.05) is 38.4 Å². The molecular weight excluding hydrogens is 162 g/mol. The summed E-state index contributed by atoms with van der Waals surface area (Å²) in [6, 6.07) is 5.00. The molecule has 0 N–H and O–H groups in total. The van der Waals surface area contributed by atoms with Crippen LogP contribution >= 0.6 is 0 Å². The molecule has 1 aliphatic rings. The maximum atomic E-state index is 4.07. The van der Waals surface area contributed by atoms with Crippen molar-refractivity contribution in [3.8, 4) is 0 Å². The van der Waals surface area contributed by atoms with Gasteiger partial charge in [-0.1, -0.05) is 0 Å². The van der Waals surface area contributed by atoms with Crippen molar-refractivity contribution in [2.45, 2.75) is 0 Å². The van der Waals surface area contributed by atoms with Gasteiger partial charge in [-0.05, 0) is 13.1 Å². The number of nitrogens with zero attached hydrogens (tertiary/aromatic N) is 3. The fourth-order valence-electron chi connectivity index (χ4n) is 1.55. The SMILES string of the molecule is CN1CCN(c2c[c]cnc2)CC1. The van der Waals surface area contributed by atoms with Gasteiger partial charge in [0.2, 0.25) is 0 Å². The fourth-order valence-corrected chi connectivity index (χ4v) is 1.55. The third-order valence-corrected chi connectivity index (χ3v) is 2.46. The number of anilines is 1. The van der Waals surface area contributed by atoms with Crippen LogP contribution in [0.1, 0.15) is 0 Å². The van der Waals surface area contributed by atoms with Gasteiger partial charge in [-0.15, -0.1) is 0 Å². The van der Waals surface area contributed by atoms with Crippen LogP contribution in [0.2, 0.25) is 0 Å². The first-order valence-corrected chi connectivity index (χ1v) is 4.61. The van der Waals surface area contributed by atoms with Crippen molar-refractivity contribution in [2.24, 2.45) is 0 Å². The smallest absolute Gasteiger partial charge is 0.0559 e. The van der Waals surface area contributed by atoms with Gasteiger partial charge in [-0.3, -0.25) is 4.98 Å². The molecule has 1 aromatic rings. The summed E-state index contributed by atoms with van der Waals surface area (Å²) in [6.45, 7) is 4.45. The maximum Gasteiger partial charge on any atom is 0.0559 e. The molecule has 0 unspecified atom stereocenters. The van der Waals surface area contributed by atoms with Crippen LogP contribution in [0.3, 0.4) is 0 Å². The number of rotatable bonds is 1. The van der Waals surface area contributed by atoms with Gasteiger partial charge in [0.1, 0.15) is 0 Å². The van der Waals surface area contributed by atoms with Crippen molar-refractivity contribution in [1.82, 2.24) is 9.88 Å². The van der Waals surface area contributed by atoms with Crippen LogP contribution in [0.5, 0.6) is 0 Å². The van der Waals surface area contributed by atoms with Gasteiger partial charge in [0.05, 0.1) is 11.9 Å². The molecule has 0 aliphatic carbocycles. The van der Waals surface area contributed by atoms with Crippen molar-refractivity contribution in [3.05, 3.63) is 24.5 Å². The van der Waals surface area contributed by atoms with E-state index in [9.17, 15) is 0 Å². The molecule has 2 heterocycles. The Balaban J connectivity index is 2.03. The molecule has 0 saturated carbocycles. The van der Waals surface area contributed by atoms with Crippen LogP contribution in [0.4, 0.5) is 5.69 Å². The number of hydrogen-bond acceptors (Lipinski definition) is 3. The van der Waals surface area contributed by atoms with Crippen LogP contribution in [0.25, 0.3) is 0 Å². The Hall–Kier alpha value is -1.09. The van der Waals surface area contributed by atoms with Gasteiger partial charge in [-0.2, -0.15) is 0 Å². The predicted molar refractivity (Wildman–Crippen MR) is 52.8 cm³/mol. The lowest BCUT2D eigenvalue weighted by Crippen LogP contribution is -2.44. The minimum absolute atomic E-state index is 1.09. The van der Waals surface area contributed by atoms with E-state index in [1.807, 2.05) is 12.3 Å². The summed E-state index contributed by atoms with van der Waals surface area (Å²) in [4.78, 5) is 8.76. The summed E-state index contributed by atoms with van der Waals surface area (Å²) in [5.74, 6) is 0. The summed E-state index contributed by atoms with van der Waals surface area (Å²) < 4.78 is 0. The lowest BCUT2D eigenvalue weighted by molar-refractivity contribution is 0.313. The van der Waals surface area contributed by atoms with Crippen LogP contribution in [-0.4, -0.2) is 43.1 Å². The number of likely N-dealkylation sites (N-methyl/N-ethyl adjacent to an activating group) is 1. The Bertz CT molecular complexity index is 252. The second-order valence-corrected chi connectivity index (χ2v) is 3.43. The Labute approximate surface area is 79.0 Å². The minimum atomic E-state index is 1.09. The normalized spacial score (nSPS) is 19.0. The van der Waals surface area contributed by atoms with E-state index in [-0.39, 0.29) is 0 Å². The van der Waals surface area contributed by atoms with Gasteiger partial charge in [0.25, 0.3) is 0 Å². The molecule has 3 heteroatoms. The second kappa shape index (κ2) is 3.75. The molecule has 3 nitrogen and oxygen atoms in total. The van der Waals surface area contributed by atoms with Crippen molar-refractivity contribution in [2.75, 3.05) is 38.1 Å². The van der Waals surface area contributed by atoms with Crippen molar-refractivity contribution >= 4 is 5.69 Å². The highest BCUT2D eigenvalue weighted by atomic mass is 15.2. The predicted octanol–water partition coefficient (Wildman–Crippen LogP) is 0.634. The van der Waals surface area contributed by atoms with E-state index >= 15 is 0 Å². The first-order valence-electron chi connectivity index (χ1n) is 4.61. The van der Waals surface area contributed by atoms with Crippen LogP contribution < -0.4 is 4.90 Å². The minimum Gasteiger partial charge on any atom is -0.368 e. The van der Waals surface area contributed by atoms with E-state index in [2.05, 4.69) is 27.9 Å². The lowest BCUT2D eigenvalue weighted by Gasteiger charge is -2.33. The summed E-state index contributed by atoms with van der Waals surface area (Å²) >= 11 is 0. The first kappa shape index (κ1) is 8.51. The molecule has 1 fully saturated rings. The van der Waals surface area contributed by atoms with Crippen LogP contribution in [0, 0.1) is 6.07 Å². The monoisotopic (exact) mass is 176 g/mol. The molecule has 0 atom stereocenters. The topological polar surface area (TPSA) is 19.4 Å². The largest absolute Gasteiger partial charge is 0.368 e. The zero-order valence-corrected chi connectivity index (χ0v) is 7.90. The van der Waals surface area contributed by atoms with E-state index in [0.717, 1.165) is 26.2 Å². The fraction of sp³-hybridized carbons (Fsp3) is 0.500. The molecule has 1 aliphatic heterocycles. The van der Waals surface area contributed by atoms with E-state index in [1.54, 1.807) is 6.20 Å². The Morgan fingerprint density at radius 3 is 2.69 bits per heavy atom. The maximum absolute atomic E-state index is 4.07. The van der Waals surface area contributed by atoms with Crippen molar-refractivity contribution in [3.63, 3.8) is 0 Å². The zero-order chi connectivity index (χ0) is 9.10. The third kappa shape index (κ3) is 1.98. The second-order valence-electron chi connectivity index (χ2n) is 3.43. The standard InChI is InChI=1S/C10H14N3/c1-12-5-7-13(8-6-12)10-3-2-4-11-9-10/h3-4,9H,5-8H2,1H3. The highest BCUT2D eigenvalue weighted by Gasteiger charge is 2.13.